The highest BCUT2D eigenvalue weighted by Crippen LogP contribution is 2.28. The molecular formula is C11H8FN3O2. The van der Waals surface area contributed by atoms with Crippen LogP contribution in [0.4, 0.5) is 15.8 Å². The lowest BCUT2D eigenvalue weighted by Gasteiger charge is -2.07. The van der Waals surface area contributed by atoms with Gasteiger partial charge in [-0.15, -0.1) is 0 Å². The normalized spacial score (nSPS) is 12.6. The Morgan fingerprint density at radius 3 is 3.06 bits per heavy atom. The highest BCUT2D eigenvalue weighted by molar-refractivity contribution is 6.01. The van der Waals surface area contributed by atoms with E-state index in [1.54, 1.807) is 6.07 Å². The van der Waals surface area contributed by atoms with Crippen LogP contribution in [0.15, 0.2) is 12.1 Å². The lowest BCUT2D eigenvalue weighted by Crippen LogP contribution is -2.11. The zero-order valence-electron chi connectivity index (χ0n) is 8.71. The van der Waals surface area contributed by atoms with Crippen LogP contribution in [0, 0.1) is 17.1 Å². The topological polar surface area (TPSA) is 82.0 Å². The molecule has 0 atom stereocenters. The van der Waals surface area contributed by atoms with Gasteiger partial charge < -0.3 is 10.6 Å². The molecule has 0 aliphatic carbocycles. The van der Waals surface area contributed by atoms with Gasteiger partial charge in [-0.05, 0) is 17.7 Å². The number of nitrogens with zero attached hydrogens (tertiary/aromatic N) is 1. The van der Waals surface area contributed by atoms with Gasteiger partial charge in [0.2, 0.25) is 11.8 Å². The van der Waals surface area contributed by atoms with Crippen LogP contribution in [0.3, 0.4) is 0 Å². The fourth-order valence-electron chi connectivity index (χ4n) is 1.61. The van der Waals surface area contributed by atoms with Crippen LogP contribution in [0.2, 0.25) is 0 Å². The Kier molecular flexibility index (Phi) is 2.75. The number of hydrogen-bond acceptors (Lipinski definition) is 3. The van der Waals surface area contributed by atoms with Gasteiger partial charge in [-0.2, -0.15) is 5.26 Å². The molecule has 0 unspecified atom stereocenters. The van der Waals surface area contributed by atoms with Gasteiger partial charge in [0.1, 0.15) is 12.2 Å². The van der Waals surface area contributed by atoms with Gasteiger partial charge in [0, 0.05) is 5.69 Å². The number of carbonyl (C=O) groups excluding carboxylic acids is 2. The molecule has 5 nitrogen and oxygen atoms in total. The van der Waals surface area contributed by atoms with Crippen molar-refractivity contribution in [2.24, 2.45) is 0 Å². The number of benzene rings is 1. The third kappa shape index (κ3) is 2.23. The van der Waals surface area contributed by atoms with Gasteiger partial charge in [-0.1, -0.05) is 0 Å². The quantitative estimate of drug-likeness (QED) is 0.804. The minimum Gasteiger partial charge on any atom is -0.325 e. The van der Waals surface area contributed by atoms with Crippen LogP contribution >= 0.6 is 0 Å². The van der Waals surface area contributed by atoms with Gasteiger partial charge in [0.15, 0.2) is 0 Å². The summed E-state index contributed by atoms with van der Waals surface area (Å²) < 4.78 is 13.5. The first-order valence-electron chi connectivity index (χ1n) is 4.89. The fourth-order valence-corrected chi connectivity index (χ4v) is 1.61. The zero-order chi connectivity index (χ0) is 12.4. The first kappa shape index (κ1) is 11.1. The molecule has 0 bridgehead atoms. The Balaban J connectivity index is 2.25. The third-order valence-corrected chi connectivity index (χ3v) is 2.33. The fraction of sp³-hybridized carbons (Fsp3) is 0.182. The number of nitriles is 1. The molecule has 1 heterocycles. The number of fused-ring (bicyclic) bond motifs is 1. The predicted octanol–water partition coefficient (Wildman–Crippen LogP) is 1.17. The summed E-state index contributed by atoms with van der Waals surface area (Å²) in [5.74, 6) is -1.41. The molecule has 0 fully saturated rings. The van der Waals surface area contributed by atoms with Gasteiger partial charge in [-0.25, -0.2) is 4.39 Å². The van der Waals surface area contributed by atoms with E-state index in [0.717, 1.165) is 0 Å². The van der Waals surface area contributed by atoms with Crippen molar-refractivity contribution in [1.82, 2.24) is 0 Å². The highest BCUT2D eigenvalue weighted by Gasteiger charge is 2.20. The number of nitrogens with one attached hydrogen (secondary N) is 2. The maximum Gasteiger partial charge on any atom is 0.238 e. The summed E-state index contributed by atoms with van der Waals surface area (Å²) in [7, 11) is 0. The number of halogens is 1. The van der Waals surface area contributed by atoms with Gasteiger partial charge in [0.05, 0.1) is 18.2 Å². The van der Waals surface area contributed by atoms with Crippen LogP contribution in [0.25, 0.3) is 0 Å². The average molecular weight is 233 g/mol. The Labute approximate surface area is 96.2 Å². The van der Waals surface area contributed by atoms with Crippen molar-refractivity contribution in [3.8, 4) is 6.07 Å². The summed E-state index contributed by atoms with van der Waals surface area (Å²) >= 11 is 0. The summed E-state index contributed by atoms with van der Waals surface area (Å²) in [6.07, 6.45) is -0.207. The molecule has 0 radical (unpaired) electrons. The molecule has 0 saturated carbocycles. The zero-order valence-corrected chi connectivity index (χ0v) is 8.71. The second-order valence-corrected chi connectivity index (χ2v) is 3.60. The predicted molar refractivity (Wildman–Crippen MR) is 57.6 cm³/mol. The molecule has 1 aromatic carbocycles. The van der Waals surface area contributed by atoms with Gasteiger partial charge >= 0.3 is 0 Å². The van der Waals surface area contributed by atoms with E-state index in [-0.39, 0.29) is 24.4 Å². The summed E-state index contributed by atoms with van der Waals surface area (Å²) in [4.78, 5) is 22.2. The molecule has 1 aliphatic rings. The van der Waals surface area contributed by atoms with E-state index < -0.39 is 11.7 Å². The summed E-state index contributed by atoms with van der Waals surface area (Å²) in [6.45, 7) is 0. The van der Waals surface area contributed by atoms with E-state index in [1.165, 1.54) is 12.1 Å². The molecule has 17 heavy (non-hydrogen) atoms. The van der Waals surface area contributed by atoms with Crippen LogP contribution in [-0.2, 0) is 16.0 Å². The van der Waals surface area contributed by atoms with E-state index in [1.807, 2.05) is 0 Å². The van der Waals surface area contributed by atoms with E-state index in [9.17, 15) is 14.0 Å². The van der Waals surface area contributed by atoms with E-state index in [4.69, 9.17) is 5.26 Å². The van der Waals surface area contributed by atoms with E-state index in [0.29, 0.717) is 11.3 Å². The van der Waals surface area contributed by atoms with E-state index in [2.05, 4.69) is 10.6 Å². The summed E-state index contributed by atoms with van der Waals surface area (Å²) in [6, 6.07) is 4.22. The molecule has 1 aromatic rings. The number of rotatable bonds is 2. The van der Waals surface area contributed by atoms with Crippen molar-refractivity contribution in [3.63, 3.8) is 0 Å². The Morgan fingerprint density at radius 2 is 2.35 bits per heavy atom. The Morgan fingerprint density at radius 1 is 1.59 bits per heavy atom. The molecule has 2 N–H and O–H groups in total. The average Bonchev–Trinajstić information content (AvgIpc) is 2.58. The second-order valence-electron chi connectivity index (χ2n) is 3.60. The maximum absolute atomic E-state index is 13.5. The highest BCUT2D eigenvalue weighted by atomic mass is 19.1. The summed E-state index contributed by atoms with van der Waals surface area (Å²) in [5.41, 5.74) is 1.01. The Hall–Kier alpha value is -2.42. The molecule has 0 saturated heterocycles. The molecule has 0 aromatic heterocycles. The smallest absolute Gasteiger partial charge is 0.238 e. The second kappa shape index (κ2) is 4.22. The minimum absolute atomic E-state index is 0.0359. The summed E-state index contributed by atoms with van der Waals surface area (Å²) in [5, 5.41) is 13.1. The number of carbonyl (C=O) groups is 2. The molecule has 86 valence electrons. The molecule has 1 aliphatic heterocycles. The lowest BCUT2D eigenvalue weighted by molar-refractivity contribution is -0.116. The molecule has 2 amide bonds. The van der Waals surface area contributed by atoms with Gasteiger partial charge in [-0.3, -0.25) is 9.59 Å². The minimum atomic E-state index is -0.619. The van der Waals surface area contributed by atoms with Crippen molar-refractivity contribution in [1.29, 1.82) is 5.26 Å². The van der Waals surface area contributed by atoms with Crippen molar-refractivity contribution >= 4 is 23.2 Å². The molecule has 6 heteroatoms. The van der Waals surface area contributed by atoms with Crippen molar-refractivity contribution in [3.05, 3.63) is 23.5 Å². The number of anilines is 2. The first-order chi connectivity index (χ1) is 8.10. The van der Waals surface area contributed by atoms with Crippen LogP contribution in [0.5, 0.6) is 0 Å². The maximum atomic E-state index is 13.5. The standard InChI is InChI=1S/C11H8FN3O2/c12-7-3-6-4-11(17)14-8(6)5-9(7)15-10(16)1-2-13/h3,5H,1,4H2,(H,14,17)(H,15,16). The van der Waals surface area contributed by atoms with E-state index >= 15 is 0 Å². The van der Waals surface area contributed by atoms with Crippen LogP contribution in [-0.4, -0.2) is 11.8 Å². The molecule has 0 spiro atoms. The molecular weight excluding hydrogens is 225 g/mol. The van der Waals surface area contributed by atoms with Gasteiger partial charge in [0.25, 0.3) is 0 Å². The Bertz CT molecular complexity index is 548. The third-order valence-electron chi connectivity index (χ3n) is 2.33. The van der Waals surface area contributed by atoms with Crippen molar-refractivity contribution in [2.45, 2.75) is 12.8 Å². The lowest BCUT2D eigenvalue weighted by atomic mass is 10.1. The van der Waals surface area contributed by atoms with Crippen LogP contribution in [0.1, 0.15) is 12.0 Å². The molecule has 2 rings (SSSR count). The monoisotopic (exact) mass is 233 g/mol. The SMILES string of the molecule is N#CCC(=O)Nc1cc2c(cc1F)CC(=O)N2. The first-order valence-corrected chi connectivity index (χ1v) is 4.89. The number of hydrogen-bond donors (Lipinski definition) is 2. The number of amides is 2. The van der Waals surface area contributed by atoms with Crippen molar-refractivity contribution < 1.29 is 14.0 Å². The largest absolute Gasteiger partial charge is 0.325 e. The van der Waals surface area contributed by atoms with Crippen molar-refractivity contribution in [2.75, 3.05) is 10.6 Å². The van der Waals surface area contributed by atoms with Crippen LogP contribution < -0.4 is 10.6 Å².